The van der Waals surface area contributed by atoms with Crippen LogP contribution in [0.15, 0.2) is 291 Å². The Balaban J connectivity index is 0.000000136. The molecule has 0 unspecified atom stereocenters. The van der Waals surface area contributed by atoms with Crippen molar-refractivity contribution in [2.24, 2.45) is 0 Å². The summed E-state index contributed by atoms with van der Waals surface area (Å²) in [6.45, 7) is 0. The molecule has 16 aromatic rings. The molecule has 0 aliphatic rings. The van der Waals surface area contributed by atoms with E-state index in [4.69, 9.17) is 0 Å². The molecule has 0 spiro atoms. The minimum atomic E-state index is 1.24. The van der Waals surface area contributed by atoms with Gasteiger partial charge in [0.2, 0.25) is 0 Å². The number of hydrogen-bond donors (Lipinski definition) is 0. The van der Waals surface area contributed by atoms with Crippen molar-refractivity contribution < 1.29 is 0 Å². The SMILES string of the molecule is c1cc(-c2ccc3ccccc3c2)cc(-c2c3ccccc3cc3c2ccc2ccccc23)c1.c1ccc2c(-c3ccc(-c4c5ccccc5cc5c4ccc4ccccc45)cc3)c3ccc4ccccc4c3cc2c1. The van der Waals surface area contributed by atoms with Crippen molar-refractivity contribution in [1.29, 1.82) is 0 Å². The Morgan fingerprint density at radius 3 is 0.855 bits per heavy atom. The Labute approximate surface area is 441 Å². The monoisotopic (exact) mass is 960 g/mol. The lowest BCUT2D eigenvalue weighted by Gasteiger charge is -2.16. The number of fused-ring (bicyclic) bond motifs is 13. The van der Waals surface area contributed by atoms with Crippen LogP contribution in [0.25, 0.3) is 152 Å². The van der Waals surface area contributed by atoms with Crippen molar-refractivity contribution in [3.63, 3.8) is 0 Å². The average molecular weight is 961 g/mol. The van der Waals surface area contributed by atoms with Crippen LogP contribution in [0.4, 0.5) is 0 Å². The van der Waals surface area contributed by atoms with Gasteiger partial charge in [0.15, 0.2) is 0 Å². The first-order valence-electron chi connectivity index (χ1n) is 26.4. The zero-order valence-electron chi connectivity index (χ0n) is 41.7. The predicted octanol–water partition coefficient (Wildman–Crippen LogP) is 21.6. The van der Waals surface area contributed by atoms with Gasteiger partial charge in [-0.25, -0.2) is 0 Å². The molecule has 0 saturated heterocycles. The van der Waals surface area contributed by atoms with Gasteiger partial charge in [-0.15, -0.1) is 0 Å². The molecule has 0 aromatic heterocycles. The highest BCUT2D eigenvalue weighted by atomic mass is 14.2. The van der Waals surface area contributed by atoms with Gasteiger partial charge >= 0.3 is 0 Å². The molecule has 16 rings (SSSR count). The quantitative estimate of drug-likeness (QED) is 0.122. The zero-order chi connectivity index (χ0) is 50.1. The molecule has 0 aliphatic carbocycles. The van der Waals surface area contributed by atoms with Gasteiger partial charge in [0, 0.05) is 0 Å². The molecule has 0 fully saturated rings. The van der Waals surface area contributed by atoms with E-state index < -0.39 is 0 Å². The molecular formula is C76H48. The predicted molar refractivity (Wildman–Crippen MR) is 330 cm³/mol. The maximum atomic E-state index is 2.36. The van der Waals surface area contributed by atoms with Crippen LogP contribution in [0.1, 0.15) is 0 Å². The van der Waals surface area contributed by atoms with Gasteiger partial charge in [-0.05, 0) is 183 Å². The highest BCUT2D eigenvalue weighted by Gasteiger charge is 2.17. The lowest BCUT2D eigenvalue weighted by Crippen LogP contribution is -1.89. The summed E-state index contributed by atoms with van der Waals surface area (Å²) in [5.41, 5.74) is 10.1. The molecule has 0 radical (unpaired) electrons. The van der Waals surface area contributed by atoms with Crippen LogP contribution in [-0.2, 0) is 0 Å². The van der Waals surface area contributed by atoms with Gasteiger partial charge in [0.05, 0.1) is 0 Å². The molecule has 352 valence electrons. The summed E-state index contributed by atoms with van der Waals surface area (Å²) < 4.78 is 0. The minimum Gasteiger partial charge on any atom is -0.0616 e. The molecule has 0 heteroatoms. The van der Waals surface area contributed by atoms with Crippen LogP contribution in [0.2, 0.25) is 0 Å². The molecule has 76 heavy (non-hydrogen) atoms. The number of rotatable bonds is 4. The molecule has 0 aliphatic heterocycles. The van der Waals surface area contributed by atoms with Gasteiger partial charge in [-0.1, -0.05) is 261 Å². The lowest BCUT2D eigenvalue weighted by molar-refractivity contribution is 1.63. The lowest BCUT2D eigenvalue weighted by atomic mass is 9.87. The van der Waals surface area contributed by atoms with E-state index in [0.717, 1.165) is 0 Å². The summed E-state index contributed by atoms with van der Waals surface area (Å²) in [4.78, 5) is 0. The van der Waals surface area contributed by atoms with Crippen molar-refractivity contribution in [3.8, 4) is 44.5 Å². The normalized spacial score (nSPS) is 11.7. The molecule has 16 aromatic carbocycles. The van der Waals surface area contributed by atoms with Crippen LogP contribution < -0.4 is 0 Å². The Kier molecular flexibility index (Phi) is 10.3. The van der Waals surface area contributed by atoms with Gasteiger partial charge in [-0.2, -0.15) is 0 Å². The van der Waals surface area contributed by atoms with Gasteiger partial charge < -0.3 is 0 Å². The average Bonchev–Trinajstić information content (AvgIpc) is 3.52. The van der Waals surface area contributed by atoms with Crippen molar-refractivity contribution in [2.45, 2.75) is 0 Å². The largest absolute Gasteiger partial charge is 0.0616 e. The number of hydrogen-bond acceptors (Lipinski definition) is 0. The summed E-state index contributed by atoms with van der Waals surface area (Å²) in [6, 6.07) is 107. The fraction of sp³-hybridized carbons (Fsp3) is 0. The Morgan fingerprint density at radius 1 is 0.118 bits per heavy atom. The van der Waals surface area contributed by atoms with Crippen molar-refractivity contribution in [2.75, 3.05) is 0 Å². The number of benzene rings is 16. The van der Waals surface area contributed by atoms with E-state index in [-0.39, 0.29) is 0 Å². The zero-order valence-corrected chi connectivity index (χ0v) is 41.7. The van der Waals surface area contributed by atoms with Crippen molar-refractivity contribution in [3.05, 3.63) is 291 Å². The molecule has 0 atom stereocenters. The Morgan fingerprint density at radius 2 is 0.421 bits per heavy atom. The second-order valence-corrected chi connectivity index (χ2v) is 20.3. The molecule has 0 bridgehead atoms. The molecule has 0 N–H and O–H groups in total. The molecular weight excluding hydrogens is 913 g/mol. The molecule has 0 heterocycles. The second kappa shape index (κ2) is 18.0. The van der Waals surface area contributed by atoms with E-state index in [0.29, 0.717) is 0 Å². The van der Waals surface area contributed by atoms with Crippen molar-refractivity contribution >= 4 is 108 Å². The van der Waals surface area contributed by atoms with E-state index in [1.807, 2.05) is 0 Å². The molecule has 0 nitrogen and oxygen atoms in total. The summed E-state index contributed by atoms with van der Waals surface area (Å²) in [5, 5.41) is 25.8. The smallest absolute Gasteiger partial charge is 0.00264 e. The van der Waals surface area contributed by atoms with Gasteiger partial charge in [0.25, 0.3) is 0 Å². The summed E-state index contributed by atoms with van der Waals surface area (Å²) in [7, 11) is 0. The maximum Gasteiger partial charge on any atom is -0.00264 e. The first kappa shape index (κ1) is 43.7. The van der Waals surface area contributed by atoms with E-state index in [1.165, 1.54) is 152 Å². The van der Waals surface area contributed by atoms with Gasteiger partial charge in [-0.3, -0.25) is 0 Å². The minimum absolute atomic E-state index is 1.24. The summed E-state index contributed by atoms with van der Waals surface area (Å²) >= 11 is 0. The second-order valence-electron chi connectivity index (χ2n) is 20.3. The van der Waals surface area contributed by atoms with Crippen LogP contribution in [0.3, 0.4) is 0 Å². The van der Waals surface area contributed by atoms with E-state index >= 15 is 0 Å². The van der Waals surface area contributed by atoms with E-state index in [1.54, 1.807) is 0 Å². The highest BCUT2D eigenvalue weighted by molar-refractivity contribution is 6.23. The first-order valence-corrected chi connectivity index (χ1v) is 26.4. The van der Waals surface area contributed by atoms with E-state index in [9.17, 15) is 0 Å². The molecule has 0 saturated carbocycles. The third kappa shape index (κ3) is 7.30. The summed E-state index contributed by atoms with van der Waals surface area (Å²) in [5.74, 6) is 0. The van der Waals surface area contributed by atoms with Gasteiger partial charge in [0.1, 0.15) is 0 Å². The Hall–Kier alpha value is -9.88. The van der Waals surface area contributed by atoms with E-state index in [2.05, 4.69) is 291 Å². The third-order valence-corrected chi connectivity index (χ3v) is 16.0. The fourth-order valence-corrected chi connectivity index (χ4v) is 12.4. The highest BCUT2D eigenvalue weighted by Crippen LogP contribution is 2.44. The van der Waals surface area contributed by atoms with Crippen LogP contribution in [0, 0.1) is 0 Å². The van der Waals surface area contributed by atoms with Crippen molar-refractivity contribution in [1.82, 2.24) is 0 Å². The Bertz CT molecular complexity index is 4800. The maximum absolute atomic E-state index is 2.36. The molecule has 0 amide bonds. The fourth-order valence-electron chi connectivity index (χ4n) is 12.4. The summed E-state index contributed by atoms with van der Waals surface area (Å²) in [6.07, 6.45) is 0. The first-order chi connectivity index (χ1) is 37.7. The van der Waals surface area contributed by atoms with Crippen LogP contribution >= 0.6 is 0 Å². The van der Waals surface area contributed by atoms with Crippen LogP contribution in [-0.4, -0.2) is 0 Å². The van der Waals surface area contributed by atoms with Crippen LogP contribution in [0.5, 0.6) is 0 Å². The third-order valence-electron chi connectivity index (χ3n) is 16.0. The standard InChI is InChI=1S/C42H26.C34H22/c1-5-13-33-27(9-1)21-23-37-39(33)25-31-11-3-7-15-35(31)41(37)29-17-19-30(20-18-29)42-36-16-8-4-12-32(36)26-40-34-14-6-2-10-28(34)22-24-38(40)42;1-2-10-25-20-27(17-16-23(25)8-1)26-12-7-13-29(21-26)34-31-15-6-4-11-28(31)22-33-30-14-5-3-9-24(30)18-19-32(33)34/h1-26H;1-22H. The topological polar surface area (TPSA) is 0 Å².